The Bertz CT molecular complexity index is 1530. The smallest absolute Gasteiger partial charge is 0.417 e. The second-order valence-corrected chi connectivity index (χ2v) is 10.9. The molecule has 5 rings (SSSR count). The van der Waals surface area contributed by atoms with Gasteiger partial charge in [-0.3, -0.25) is 14.5 Å². The molecule has 42 heavy (non-hydrogen) atoms. The summed E-state index contributed by atoms with van der Waals surface area (Å²) in [6.07, 6.45) is -1.04. The van der Waals surface area contributed by atoms with Gasteiger partial charge in [-0.2, -0.15) is 13.2 Å². The van der Waals surface area contributed by atoms with Crippen molar-refractivity contribution >= 4 is 17.3 Å². The van der Waals surface area contributed by atoms with Gasteiger partial charge in [0.25, 0.3) is 5.91 Å². The lowest BCUT2D eigenvalue weighted by Gasteiger charge is -2.44. The fourth-order valence-corrected chi connectivity index (χ4v) is 5.02. The fourth-order valence-electron chi connectivity index (χ4n) is 5.02. The van der Waals surface area contributed by atoms with E-state index in [0.717, 1.165) is 18.9 Å². The van der Waals surface area contributed by atoms with Crippen LogP contribution in [0.2, 0.25) is 0 Å². The van der Waals surface area contributed by atoms with Gasteiger partial charge in [0, 0.05) is 61.3 Å². The van der Waals surface area contributed by atoms with Crippen LogP contribution in [-0.4, -0.2) is 59.6 Å². The number of aromatic nitrogens is 2. The molecule has 8 nitrogen and oxygen atoms in total. The lowest BCUT2D eigenvalue weighted by molar-refractivity contribution is -0.138. The van der Waals surface area contributed by atoms with Crippen LogP contribution in [0.4, 0.5) is 33.3 Å². The highest BCUT2D eigenvalue weighted by atomic mass is 19.4. The van der Waals surface area contributed by atoms with Crippen molar-refractivity contribution in [3.63, 3.8) is 0 Å². The molecule has 1 unspecified atom stereocenters. The summed E-state index contributed by atoms with van der Waals surface area (Å²) in [7, 11) is 1.92. The van der Waals surface area contributed by atoms with Crippen molar-refractivity contribution in [2.24, 2.45) is 5.92 Å². The first kappa shape index (κ1) is 29.5. The second-order valence-electron chi connectivity index (χ2n) is 10.9. The Morgan fingerprint density at radius 1 is 1.14 bits per heavy atom. The van der Waals surface area contributed by atoms with Crippen molar-refractivity contribution in [2.75, 3.05) is 37.0 Å². The van der Waals surface area contributed by atoms with E-state index in [1.165, 1.54) is 18.3 Å². The highest BCUT2D eigenvalue weighted by Crippen LogP contribution is 2.40. The van der Waals surface area contributed by atoms with Crippen molar-refractivity contribution in [1.29, 1.82) is 0 Å². The number of H-pyrrole nitrogens is 1. The molecule has 1 aromatic carbocycles. The Hall–Kier alpha value is -4.00. The van der Waals surface area contributed by atoms with Gasteiger partial charge in [0.05, 0.1) is 29.0 Å². The minimum atomic E-state index is -5.03. The molecule has 1 aliphatic heterocycles. The summed E-state index contributed by atoms with van der Waals surface area (Å²) in [5.74, 6) is -2.68. The number of carbonyl (C=O) groups is 1. The maximum Gasteiger partial charge on any atom is 0.417 e. The first-order chi connectivity index (χ1) is 19.8. The average molecular weight is 592 g/mol. The molecule has 2 aromatic heterocycles. The third-order valence-electron chi connectivity index (χ3n) is 7.80. The van der Waals surface area contributed by atoms with E-state index in [1.807, 2.05) is 20.9 Å². The summed E-state index contributed by atoms with van der Waals surface area (Å²) in [5, 5.41) is 2.25. The highest BCUT2D eigenvalue weighted by Gasteiger charge is 2.37. The molecular formula is C29H30F5N5O3. The monoisotopic (exact) mass is 591 g/mol. The third-order valence-corrected chi connectivity index (χ3v) is 7.80. The van der Waals surface area contributed by atoms with Crippen LogP contribution in [0, 0.1) is 17.6 Å². The van der Waals surface area contributed by atoms with Gasteiger partial charge in [0.1, 0.15) is 11.5 Å². The van der Waals surface area contributed by atoms with Crippen LogP contribution >= 0.6 is 0 Å². The number of hydrogen-bond acceptors (Lipinski definition) is 6. The van der Waals surface area contributed by atoms with Crippen LogP contribution in [0.3, 0.4) is 0 Å². The number of anilines is 2. The van der Waals surface area contributed by atoms with Gasteiger partial charge in [0.2, 0.25) is 11.4 Å². The molecule has 3 aromatic rings. The van der Waals surface area contributed by atoms with Gasteiger partial charge in [-0.25, -0.2) is 13.8 Å². The quantitative estimate of drug-likeness (QED) is 0.363. The van der Waals surface area contributed by atoms with Crippen LogP contribution < -0.4 is 20.5 Å². The van der Waals surface area contributed by atoms with E-state index >= 15 is 8.78 Å². The topological polar surface area (TPSA) is 90.6 Å². The van der Waals surface area contributed by atoms with Crippen LogP contribution in [0.5, 0.6) is 5.88 Å². The van der Waals surface area contributed by atoms with Crippen LogP contribution in [0.15, 0.2) is 41.5 Å². The number of halogens is 5. The molecular weight excluding hydrogens is 561 g/mol. The molecule has 0 radical (unpaired) electrons. The van der Waals surface area contributed by atoms with E-state index in [-0.39, 0.29) is 35.3 Å². The van der Waals surface area contributed by atoms with Crippen molar-refractivity contribution in [2.45, 2.75) is 44.9 Å². The second kappa shape index (κ2) is 11.3. The molecule has 2 fully saturated rings. The Kier molecular flexibility index (Phi) is 7.97. The molecule has 2 N–H and O–H groups in total. The Balaban J connectivity index is 1.57. The number of nitrogens with zero attached hydrogens (tertiary/aromatic N) is 3. The van der Waals surface area contributed by atoms with E-state index in [1.54, 1.807) is 4.90 Å². The van der Waals surface area contributed by atoms with E-state index in [2.05, 4.69) is 20.2 Å². The molecule has 224 valence electrons. The largest absolute Gasteiger partial charge is 0.477 e. The average Bonchev–Trinajstić information content (AvgIpc) is 3.76. The zero-order valence-electron chi connectivity index (χ0n) is 23.2. The standard InChI is InChI=1S/C29H30F5N5O3/c1-15-12-39(13-16(2)38(15)3)22-9-21(30)25(18-6-7-24(36-10-18)42-14-17-4-5-17)26(31)27(22)37-28(41)19-11-35-23(40)8-20(19)29(32,33)34/h6-11,15-17H,4-5,12-14H2,1-3H3,(H,35,40)(H,37,41)/t15-,16?/m1/s1. The number of alkyl halides is 3. The van der Waals surface area contributed by atoms with Gasteiger partial charge in [-0.05, 0) is 45.7 Å². The number of amides is 1. The Morgan fingerprint density at radius 3 is 2.43 bits per heavy atom. The summed E-state index contributed by atoms with van der Waals surface area (Å²) in [5.41, 5.74) is -4.45. The van der Waals surface area contributed by atoms with Gasteiger partial charge >= 0.3 is 6.18 Å². The molecule has 1 aliphatic carbocycles. The molecule has 1 saturated heterocycles. The highest BCUT2D eigenvalue weighted by molar-refractivity contribution is 6.07. The molecule has 1 saturated carbocycles. The van der Waals surface area contributed by atoms with Gasteiger partial charge in [-0.1, -0.05) is 0 Å². The zero-order chi connectivity index (χ0) is 30.3. The predicted octanol–water partition coefficient (Wildman–Crippen LogP) is 5.30. The lowest BCUT2D eigenvalue weighted by atomic mass is 10.0. The number of benzene rings is 1. The molecule has 13 heteroatoms. The Labute approximate surface area is 238 Å². The van der Waals surface area contributed by atoms with E-state index in [4.69, 9.17) is 4.74 Å². The molecule has 3 heterocycles. The number of likely N-dealkylation sites (N-methyl/N-ethyl adjacent to an activating group) is 1. The predicted molar refractivity (Wildman–Crippen MR) is 147 cm³/mol. The minimum Gasteiger partial charge on any atom is -0.477 e. The number of nitrogens with one attached hydrogen (secondary N) is 2. The Morgan fingerprint density at radius 2 is 1.83 bits per heavy atom. The number of piperazine rings is 1. The fraction of sp³-hybridized carbons (Fsp3) is 0.414. The van der Waals surface area contributed by atoms with Crippen molar-refractivity contribution < 1.29 is 31.5 Å². The van der Waals surface area contributed by atoms with Crippen LogP contribution in [-0.2, 0) is 6.18 Å². The van der Waals surface area contributed by atoms with Crippen LogP contribution in [0.1, 0.15) is 42.6 Å². The first-order valence-corrected chi connectivity index (χ1v) is 13.5. The SMILES string of the molecule is CC1CN(c2cc(F)c(-c3ccc(OCC4CC4)nc3)c(F)c2NC(=O)c2c[nH]c(=O)cc2C(F)(F)F)C[C@@H](C)N1C. The molecule has 0 bridgehead atoms. The maximum absolute atomic E-state index is 16.3. The molecule has 2 atom stereocenters. The molecule has 0 spiro atoms. The van der Waals surface area contributed by atoms with E-state index in [0.29, 0.717) is 31.8 Å². The van der Waals surface area contributed by atoms with Crippen molar-refractivity contribution in [1.82, 2.24) is 14.9 Å². The minimum absolute atomic E-state index is 0.0239. The molecule has 1 amide bonds. The number of hydrogen-bond donors (Lipinski definition) is 2. The number of carbonyl (C=O) groups excluding carboxylic acids is 1. The normalized spacial score (nSPS) is 19.6. The number of pyridine rings is 2. The van der Waals surface area contributed by atoms with E-state index < -0.39 is 51.7 Å². The van der Waals surface area contributed by atoms with E-state index in [9.17, 15) is 22.8 Å². The molecule has 2 aliphatic rings. The van der Waals surface area contributed by atoms with Gasteiger partial charge < -0.3 is 19.9 Å². The van der Waals surface area contributed by atoms with Crippen molar-refractivity contribution in [3.05, 3.63) is 69.8 Å². The van der Waals surface area contributed by atoms with Crippen molar-refractivity contribution in [3.8, 4) is 17.0 Å². The summed E-state index contributed by atoms with van der Waals surface area (Å²) < 4.78 is 78.6. The first-order valence-electron chi connectivity index (χ1n) is 13.5. The third kappa shape index (κ3) is 6.10. The number of rotatable bonds is 7. The zero-order valence-corrected chi connectivity index (χ0v) is 23.2. The summed E-state index contributed by atoms with van der Waals surface area (Å²) >= 11 is 0. The maximum atomic E-state index is 16.3. The number of aromatic amines is 1. The van der Waals surface area contributed by atoms with Gasteiger partial charge in [-0.15, -0.1) is 0 Å². The summed E-state index contributed by atoms with van der Waals surface area (Å²) in [4.78, 5) is 34.8. The summed E-state index contributed by atoms with van der Waals surface area (Å²) in [6.45, 7) is 5.02. The van der Waals surface area contributed by atoms with Crippen LogP contribution in [0.25, 0.3) is 11.1 Å². The summed E-state index contributed by atoms with van der Waals surface area (Å²) in [6, 6.07) is 4.14. The number of ether oxygens (including phenoxy) is 1. The lowest BCUT2D eigenvalue weighted by Crippen LogP contribution is -2.55. The van der Waals surface area contributed by atoms with Gasteiger partial charge in [0.15, 0.2) is 5.82 Å².